The van der Waals surface area contributed by atoms with Gasteiger partial charge in [-0.15, -0.1) is 0 Å². The van der Waals surface area contributed by atoms with Crippen molar-refractivity contribution < 1.29 is 4.74 Å². The molecule has 0 radical (unpaired) electrons. The zero-order valence-corrected chi connectivity index (χ0v) is 10.3. The van der Waals surface area contributed by atoms with Gasteiger partial charge in [0.15, 0.2) is 0 Å². The highest BCUT2D eigenvalue weighted by atomic mass is 35.5. The van der Waals surface area contributed by atoms with Crippen molar-refractivity contribution in [3.63, 3.8) is 0 Å². The summed E-state index contributed by atoms with van der Waals surface area (Å²) in [6.07, 6.45) is 1.43. The molecule has 0 amide bonds. The van der Waals surface area contributed by atoms with E-state index in [-0.39, 0.29) is 6.10 Å². The van der Waals surface area contributed by atoms with Crippen molar-refractivity contribution in [2.24, 2.45) is 0 Å². The summed E-state index contributed by atoms with van der Waals surface area (Å²) >= 11 is 5.84. The first-order chi connectivity index (χ1) is 8.28. The highest BCUT2D eigenvalue weighted by molar-refractivity contribution is 6.30. The van der Waals surface area contributed by atoms with Crippen LogP contribution in [0.3, 0.4) is 0 Å². The molecule has 2 rings (SSSR count). The minimum atomic E-state index is 0.0430. The second-order valence-electron chi connectivity index (χ2n) is 4.25. The van der Waals surface area contributed by atoms with Gasteiger partial charge in [0.1, 0.15) is 0 Å². The standard InChI is InChI=1S/C13H15ClN2O/c14-11-3-1-10(2-4-11)7-12-9-17-13(5-6-15)8-16-12/h1-4,12-13,16H,5,7-9H2/t12?,13-/m0/s1. The van der Waals surface area contributed by atoms with Crippen molar-refractivity contribution in [2.75, 3.05) is 13.2 Å². The molecule has 1 heterocycles. The van der Waals surface area contributed by atoms with Gasteiger partial charge in [-0.05, 0) is 24.1 Å². The Morgan fingerprint density at radius 3 is 2.76 bits per heavy atom. The van der Waals surface area contributed by atoms with Gasteiger partial charge in [0, 0.05) is 17.6 Å². The molecule has 1 unspecified atom stereocenters. The number of nitrogens with one attached hydrogen (secondary N) is 1. The third-order valence-corrected chi connectivity index (χ3v) is 3.13. The third kappa shape index (κ3) is 3.71. The maximum absolute atomic E-state index is 8.58. The molecule has 90 valence electrons. The van der Waals surface area contributed by atoms with Gasteiger partial charge >= 0.3 is 0 Å². The quantitative estimate of drug-likeness (QED) is 0.894. The zero-order valence-electron chi connectivity index (χ0n) is 9.53. The lowest BCUT2D eigenvalue weighted by atomic mass is 10.0. The first kappa shape index (κ1) is 12.4. The summed E-state index contributed by atoms with van der Waals surface area (Å²) < 4.78 is 5.62. The van der Waals surface area contributed by atoms with E-state index in [1.54, 1.807) is 0 Å². The van der Waals surface area contributed by atoms with Crippen LogP contribution in [0, 0.1) is 11.3 Å². The Hall–Kier alpha value is -1.08. The first-order valence-corrected chi connectivity index (χ1v) is 6.12. The van der Waals surface area contributed by atoms with E-state index in [2.05, 4.69) is 11.4 Å². The van der Waals surface area contributed by atoms with E-state index in [4.69, 9.17) is 21.6 Å². The number of nitrogens with zero attached hydrogens (tertiary/aromatic N) is 1. The van der Waals surface area contributed by atoms with Crippen molar-refractivity contribution in [1.82, 2.24) is 5.32 Å². The second-order valence-corrected chi connectivity index (χ2v) is 4.69. The largest absolute Gasteiger partial charge is 0.374 e. The summed E-state index contributed by atoms with van der Waals surface area (Å²) in [5.74, 6) is 0. The van der Waals surface area contributed by atoms with E-state index in [9.17, 15) is 0 Å². The minimum Gasteiger partial charge on any atom is -0.374 e. The topological polar surface area (TPSA) is 45.0 Å². The Bertz CT molecular complexity index is 391. The molecule has 1 aliphatic heterocycles. The average molecular weight is 251 g/mol. The molecule has 1 aliphatic rings. The summed E-state index contributed by atoms with van der Waals surface area (Å²) in [6.45, 7) is 1.42. The molecule has 4 heteroatoms. The van der Waals surface area contributed by atoms with Crippen molar-refractivity contribution in [1.29, 1.82) is 5.26 Å². The second kappa shape index (κ2) is 6.02. The maximum Gasteiger partial charge on any atom is 0.0829 e. The Balaban J connectivity index is 1.82. The van der Waals surface area contributed by atoms with Gasteiger partial charge in [-0.1, -0.05) is 23.7 Å². The van der Waals surface area contributed by atoms with Gasteiger partial charge in [0.25, 0.3) is 0 Å². The predicted molar refractivity (Wildman–Crippen MR) is 66.9 cm³/mol. The third-order valence-electron chi connectivity index (χ3n) is 2.88. The molecule has 17 heavy (non-hydrogen) atoms. The number of benzene rings is 1. The fourth-order valence-corrected chi connectivity index (χ4v) is 2.06. The Labute approximate surface area is 106 Å². The van der Waals surface area contributed by atoms with Crippen molar-refractivity contribution in [3.05, 3.63) is 34.9 Å². The Morgan fingerprint density at radius 2 is 2.18 bits per heavy atom. The van der Waals surface area contributed by atoms with Crippen LogP contribution >= 0.6 is 11.6 Å². The zero-order chi connectivity index (χ0) is 12.1. The van der Waals surface area contributed by atoms with Crippen molar-refractivity contribution in [3.8, 4) is 6.07 Å². The molecule has 0 aromatic heterocycles. The van der Waals surface area contributed by atoms with Gasteiger partial charge in [-0.3, -0.25) is 0 Å². The average Bonchev–Trinajstić information content (AvgIpc) is 2.35. The number of hydrogen-bond donors (Lipinski definition) is 1. The van der Waals surface area contributed by atoms with Crippen LogP contribution in [0.5, 0.6) is 0 Å². The summed E-state index contributed by atoms with van der Waals surface area (Å²) in [6, 6.07) is 10.3. The summed E-state index contributed by atoms with van der Waals surface area (Å²) in [4.78, 5) is 0. The molecular formula is C13H15ClN2O. The lowest BCUT2D eigenvalue weighted by Crippen LogP contribution is -2.47. The Kier molecular flexibility index (Phi) is 4.38. The lowest BCUT2D eigenvalue weighted by Gasteiger charge is -2.29. The smallest absolute Gasteiger partial charge is 0.0829 e. The van der Waals surface area contributed by atoms with Crippen LogP contribution in [-0.2, 0) is 11.2 Å². The summed E-state index contributed by atoms with van der Waals surface area (Å²) in [5.41, 5.74) is 1.24. The molecular weight excluding hydrogens is 236 g/mol. The van der Waals surface area contributed by atoms with Crippen LogP contribution in [0.4, 0.5) is 0 Å². The molecule has 1 saturated heterocycles. The molecule has 0 bridgehead atoms. The lowest BCUT2D eigenvalue weighted by molar-refractivity contribution is 0.00740. The molecule has 0 aliphatic carbocycles. The monoisotopic (exact) mass is 250 g/mol. The maximum atomic E-state index is 8.58. The van der Waals surface area contributed by atoms with Gasteiger partial charge < -0.3 is 10.1 Å². The van der Waals surface area contributed by atoms with E-state index < -0.39 is 0 Å². The molecule has 3 nitrogen and oxygen atoms in total. The first-order valence-electron chi connectivity index (χ1n) is 5.74. The highest BCUT2D eigenvalue weighted by Crippen LogP contribution is 2.13. The molecule has 2 atom stereocenters. The normalized spacial score (nSPS) is 24.2. The molecule has 0 saturated carbocycles. The number of nitriles is 1. The fraction of sp³-hybridized carbons (Fsp3) is 0.462. The van der Waals surface area contributed by atoms with Gasteiger partial charge in [-0.2, -0.15) is 5.26 Å². The minimum absolute atomic E-state index is 0.0430. The van der Waals surface area contributed by atoms with Crippen LogP contribution < -0.4 is 5.32 Å². The van der Waals surface area contributed by atoms with E-state index in [0.29, 0.717) is 19.1 Å². The van der Waals surface area contributed by atoms with Gasteiger partial charge in [0.2, 0.25) is 0 Å². The van der Waals surface area contributed by atoms with Crippen molar-refractivity contribution in [2.45, 2.75) is 25.0 Å². The molecule has 1 N–H and O–H groups in total. The number of halogens is 1. The highest BCUT2D eigenvalue weighted by Gasteiger charge is 2.20. The summed E-state index contributed by atoms with van der Waals surface area (Å²) in [7, 11) is 0. The van der Waals surface area contributed by atoms with Gasteiger partial charge in [-0.25, -0.2) is 0 Å². The molecule has 1 aromatic rings. The SMILES string of the molecule is N#CC[C@H]1CNC(Cc2ccc(Cl)cc2)CO1. The van der Waals surface area contributed by atoms with Gasteiger partial charge in [0.05, 0.1) is 25.2 Å². The fourth-order valence-electron chi connectivity index (χ4n) is 1.94. The Morgan fingerprint density at radius 1 is 1.41 bits per heavy atom. The number of hydrogen-bond acceptors (Lipinski definition) is 3. The number of rotatable bonds is 3. The molecule has 1 aromatic carbocycles. The number of ether oxygens (including phenoxy) is 1. The van der Waals surface area contributed by atoms with Crippen LogP contribution in [0.2, 0.25) is 5.02 Å². The van der Waals surface area contributed by atoms with E-state index >= 15 is 0 Å². The molecule has 1 fully saturated rings. The van der Waals surface area contributed by atoms with Crippen molar-refractivity contribution >= 4 is 11.6 Å². The van der Waals surface area contributed by atoms with E-state index in [1.807, 2.05) is 24.3 Å². The predicted octanol–water partition coefficient (Wildman–Crippen LogP) is 2.15. The van der Waals surface area contributed by atoms with Crippen LogP contribution in [0.15, 0.2) is 24.3 Å². The van der Waals surface area contributed by atoms with Crippen LogP contribution in [-0.4, -0.2) is 25.3 Å². The number of morpholine rings is 1. The van der Waals surface area contributed by atoms with E-state index in [0.717, 1.165) is 18.0 Å². The van der Waals surface area contributed by atoms with Crippen LogP contribution in [0.1, 0.15) is 12.0 Å². The van der Waals surface area contributed by atoms with Crippen LogP contribution in [0.25, 0.3) is 0 Å². The molecule has 0 spiro atoms. The van der Waals surface area contributed by atoms with E-state index in [1.165, 1.54) is 5.56 Å². The summed E-state index contributed by atoms with van der Waals surface area (Å²) in [5, 5.41) is 12.7.